The molecule has 0 unspecified atom stereocenters. The van der Waals surface area contributed by atoms with Crippen molar-refractivity contribution in [2.45, 2.75) is 0 Å². The van der Waals surface area contributed by atoms with E-state index in [-0.39, 0.29) is 0 Å². The molecule has 0 radical (unpaired) electrons. The zero-order valence-corrected chi connectivity index (χ0v) is 18.2. The SMILES string of the molecule is c1ccc(-c2ccc3cc4ccccc4cc3c2N(c2ccccc2)c2ccccc2)cc1. The maximum atomic E-state index is 2.39. The van der Waals surface area contributed by atoms with E-state index in [1.165, 1.54) is 38.4 Å². The van der Waals surface area contributed by atoms with Gasteiger partial charge >= 0.3 is 0 Å². The highest BCUT2D eigenvalue weighted by atomic mass is 15.1. The van der Waals surface area contributed by atoms with Crippen LogP contribution in [0.15, 0.2) is 140 Å². The first-order valence-electron chi connectivity index (χ1n) is 11.3. The van der Waals surface area contributed by atoms with Gasteiger partial charge in [0.25, 0.3) is 0 Å². The minimum atomic E-state index is 1.14. The van der Waals surface area contributed by atoms with Gasteiger partial charge in [-0.15, -0.1) is 0 Å². The van der Waals surface area contributed by atoms with E-state index in [9.17, 15) is 0 Å². The average molecular weight is 422 g/mol. The standard InChI is InChI=1S/C32H23N/c1-4-12-24(13-5-1)30-21-20-27-22-25-14-10-11-15-26(25)23-31(27)32(30)33(28-16-6-2-7-17-28)29-18-8-3-9-19-29/h1-23H. The largest absolute Gasteiger partial charge is 0.309 e. The van der Waals surface area contributed by atoms with Gasteiger partial charge in [-0.05, 0) is 58.1 Å². The van der Waals surface area contributed by atoms with E-state index in [4.69, 9.17) is 0 Å². The predicted molar refractivity (Wildman–Crippen MR) is 142 cm³/mol. The van der Waals surface area contributed by atoms with Crippen molar-refractivity contribution in [1.82, 2.24) is 0 Å². The minimum Gasteiger partial charge on any atom is -0.309 e. The highest BCUT2D eigenvalue weighted by Gasteiger charge is 2.20. The first-order chi connectivity index (χ1) is 16.4. The molecular formula is C32H23N. The van der Waals surface area contributed by atoms with Gasteiger partial charge in [0.2, 0.25) is 0 Å². The van der Waals surface area contributed by atoms with E-state index >= 15 is 0 Å². The number of hydrogen-bond donors (Lipinski definition) is 0. The lowest BCUT2D eigenvalue weighted by Gasteiger charge is -2.29. The van der Waals surface area contributed by atoms with Gasteiger partial charge in [-0.1, -0.05) is 103 Å². The van der Waals surface area contributed by atoms with Crippen LogP contribution in [0.3, 0.4) is 0 Å². The lowest BCUT2D eigenvalue weighted by Crippen LogP contribution is -2.11. The number of benzene rings is 6. The molecule has 0 atom stereocenters. The predicted octanol–water partition coefficient (Wildman–Crippen LogP) is 9.13. The number of nitrogens with zero attached hydrogens (tertiary/aromatic N) is 1. The van der Waals surface area contributed by atoms with E-state index in [1.807, 2.05) is 0 Å². The summed E-state index contributed by atoms with van der Waals surface area (Å²) in [7, 11) is 0. The normalized spacial score (nSPS) is 11.0. The van der Waals surface area contributed by atoms with E-state index < -0.39 is 0 Å². The summed E-state index contributed by atoms with van der Waals surface area (Å²) >= 11 is 0. The highest BCUT2D eigenvalue weighted by Crippen LogP contribution is 2.45. The van der Waals surface area contributed by atoms with Gasteiger partial charge in [-0.2, -0.15) is 0 Å². The summed E-state index contributed by atoms with van der Waals surface area (Å²) in [6.45, 7) is 0. The topological polar surface area (TPSA) is 3.24 Å². The van der Waals surface area contributed by atoms with Crippen molar-refractivity contribution < 1.29 is 0 Å². The molecule has 0 saturated carbocycles. The quantitative estimate of drug-likeness (QED) is 0.256. The second-order valence-electron chi connectivity index (χ2n) is 8.25. The monoisotopic (exact) mass is 421 g/mol. The summed E-state index contributed by atoms with van der Waals surface area (Å²) in [6.07, 6.45) is 0. The van der Waals surface area contributed by atoms with Crippen molar-refractivity contribution in [3.8, 4) is 11.1 Å². The Labute approximate surface area is 194 Å². The Balaban J connectivity index is 1.75. The van der Waals surface area contributed by atoms with E-state index in [0.717, 1.165) is 11.4 Å². The Hall–Kier alpha value is -4.36. The number of rotatable bonds is 4. The fourth-order valence-electron chi connectivity index (χ4n) is 4.65. The summed E-state index contributed by atoms with van der Waals surface area (Å²) in [4.78, 5) is 2.39. The molecule has 0 bridgehead atoms. The molecule has 33 heavy (non-hydrogen) atoms. The van der Waals surface area contributed by atoms with E-state index in [1.54, 1.807) is 0 Å². The Morgan fingerprint density at radius 3 is 1.52 bits per heavy atom. The second-order valence-corrected chi connectivity index (χ2v) is 8.25. The molecule has 1 nitrogen and oxygen atoms in total. The van der Waals surface area contributed by atoms with Crippen LogP contribution in [0.1, 0.15) is 0 Å². The molecule has 0 spiro atoms. The van der Waals surface area contributed by atoms with Crippen LogP contribution in [0.2, 0.25) is 0 Å². The second kappa shape index (κ2) is 8.29. The van der Waals surface area contributed by atoms with E-state index in [0.29, 0.717) is 0 Å². The molecule has 0 N–H and O–H groups in total. The van der Waals surface area contributed by atoms with Crippen molar-refractivity contribution >= 4 is 38.6 Å². The van der Waals surface area contributed by atoms with Crippen molar-refractivity contribution in [1.29, 1.82) is 0 Å². The van der Waals surface area contributed by atoms with Crippen molar-refractivity contribution in [3.05, 3.63) is 140 Å². The van der Waals surface area contributed by atoms with Crippen LogP contribution < -0.4 is 4.90 Å². The van der Waals surface area contributed by atoms with Crippen LogP contribution in [0.5, 0.6) is 0 Å². The van der Waals surface area contributed by atoms with Gasteiger partial charge in [-0.25, -0.2) is 0 Å². The zero-order chi connectivity index (χ0) is 22.0. The Morgan fingerprint density at radius 1 is 0.394 bits per heavy atom. The highest BCUT2D eigenvalue weighted by molar-refractivity contribution is 6.10. The number of fused-ring (bicyclic) bond motifs is 2. The van der Waals surface area contributed by atoms with Crippen LogP contribution >= 0.6 is 0 Å². The molecule has 6 rings (SSSR count). The molecule has 6 aromatic rings. The van der Waals surface area contributed by atoms with Crippen LogP contribution in [-0.2, 0) is 0 Å². The Kier molecular flexibility index (Phi) is 4.86. The zero-order valence-electron chi connectivity index (χ0n) is 18.2. The van der Waals surface area contributed by atoms with Crippen LogP contribution in [0.4, 0.5) is 17.1 Å². The molecule has 0 amide bonds. The summed E-state index contributed by atoms with van der Waals surface area (Å²) in [6, 6.07) is 49.7. The first kappa shape index (κ1) is 19.3. The molecule has 0 aliphatic rings. The summed E-state index contributed by atoms with van der Waals surface area (Å²) in [5.41, 5.74) is 5.90. The van der Waals surface area contributed by atoms with Crippen LogP contribution in [0.25, 0.3) is 32.7 Å². The fraction of sp³-hybridized carbons (Fsp3) is 0. The Bertz CT molecular complexity index is 1500. The summed E-state index contributed by atoms with van der Waals surface area (Å²) < 4.78 is 0. The van der Waals surface area contributed by atoms with Gasteiger partial charge in [0.1, 0.15) is 0 Å². The van der Waals surface area contributed by atoms with Gasteiger partial charge in [-0.3, -0.25) is 0 Å². The molecule has 0 aliphatic heterocycles. The molecular weight excluding hydrogens is 398 g/mol. The molecule has 0 aromatic heterocycles. The Morgan fingerprint density at radius 2 is 0.909 bits per heavy atom. The van der Waals surface area contributed by atoms with Gasteiger partial charge in [0.05, 0.1) is 5.69 Å². The molecule has 0 heterocycles. The summed E-state index contributed by atoms with van der Waals surface area (Å²) in [5.74, 6) is 0. The maximum absolute atomic E-state index is 2.39. The van der Waals surface area contributed by atoms with Gasteiger partial charge in [0.15, 0.2) is 0 Å². The van der Waals surface area contributed by atoms with Crippen molar-refractivity contribution in [3.63, 3.8) is 0 Å². The molecule has 0 fully saturated rings. The van der Waals surface area contributed by atoms with Crippen LogP contribution in [0, 0.1) is 0 Å². The molecule has 6 aromatic carbocycles. The van der Waals surface area contributed by atoms with Crippen LogP contribution in [-0.4, -0.2) is 0 Å². The van der Waals surface area contributed by atoms with Crippen molar-refractivity contribution in [2.24, 2.45) is 0 Å². The lowest BCUT2D eigenvalue weighted by molar-refractivity contribution is 1.30. The first-order valence-corrected chi connectivity index (χ1v) is 11.3. The van der Waals surface area contributed by atoms with Gasteiger partial charge in [0, 0.05) is 22.3 Å². The third-order valence-corrected chi connectivity index (χ3v) is 6.19. The lowest BCUT2D eigenvalue weighted by atomic mass is 9.94. The number of hydrogen-bond acceptors (Lipinski definition) is 1. The molecule has 156 valence electrons. The van der Waals surface area contributed by atoms with Gasteiger partial charge < -0.3 is 4.90 Å². The smallest absolute Gasteiger partial charge is 0.0618 e. The maximum Gasteiger partial charge on any atom is 0.0618 e. The fourth-order valence-corrected chi connectivity index (χ4v) is 4.65. The number of anilines is 3. The number of para-hydroxylation sites is 2. The van der Waals surface area contributed by atoms with Crippen molar-refractivity contribution in [2.75, 3.05) is 4.90 Å². The third kappa shape index (κ3) is 3.54. The third-order valence-electron chi connectivity index (χ3n) is 6.19. The minimum absolute atomic E-state index is 1.14. The van der Waals surface area contributed by atoms with E-state index in [2.05, 4.69) is 144 Å². The summed E-state index contributed by atoms with van der Waals surface area (Å²) in [5, 5.41) is 4.98. The molecule has 0 saturated heterocycles. The molecule has 1 heteroatoms. The average Bonchev–Trinajstić information content (AvgIpc) is 2.89. The molecule has 0 aliphatic carbocycles.